The minimum Gasteiger partial charge on any atom is -0.254 e. The first-order chi connectivity index (χ1) is 5.95. The summed E-state index contributed by atoms with van der Waals surface area (Å²) in [4.78, 5) is -0.101. The highest BCUT2D eigenvalue weighted by atomic mass is 35.7. The maximum absolute atomic E-state index is 10.8. The third-order valence-corrected chi connectivity index (χ3v) is 2.75. The first-order valence-electron chi connectivity index (χ1n) is 3.33. The van der Waals surface area contributed by atoms with Crippen LogP contribution in [0.1, 0.15) is 13.0 Å². The van der Waals surface area contributed by atoms with Crippen LogP contribution in [0.4, 0.5) is 0 Å². The monoisotopic (exact) mass is 219 g/mol. The largest absolute Gasteiger partial charge is 0.264 e. The van der Waals surface area contributed by atoms with Gasteiger partial charge < -0.3 is 0 Å². The van der Waals surface area contributed by atoms with Gasteiger partial charge in [-0.1, -0.05) is 0 Å². The van der Waals surface area contributed by atoms with Crippen LogP contribution in [-0.2, 0) is 9.05 Å². The molecule has 0 saturated heterocycles. The van der Waals surface area contributed by atoms with E-state index >= 15 is 0 Å². The van der Waals surface area contributed by atoms with E-state index in [2.05, 4.69) is 5.10 Å². The quantitative estimate of drug-likeness (QED) is 0.693. The number of nitrogens with zero attached hydrogens (tertiary/aromatic N) is 3. The van der Waals surface area contributed by atoms with Crippen LogP contribution in [0.15, 0.2) is 17.3 Å². The molecule has 5 nitrogen and oxygen atoms in total. The van der Waals surface area contributed by atoms with Crippen molar-refractivity contribution in [1.82, 2.24) is 9.78 Å². The molecule has 0 amide bonds. The van der Waals surface area contributed by atoms with Crippen molar-refractivity contribution in [3.8, 4) is 6.07 Å². The first-order valence-corrected chi connectivity index (χ1v) is 5.64. The maximum Gasteiger partial charge on any atom is 0.264 e. The summed E-state index contributed by atoms with van der Waals surface area (Å²) in [5, 5.41) is 12.2. The lowest BCUT2D eigenvalue weighted by Crippen LogP contribution is -2.02. The van der Waals surface area contributed by atoms with Gasteiger partial charge in [0, 0.05) is 16.9 Å². The van der Waals surface area contributed by atoms with E-state index in [-0.39, 0.29) is 4.90 Å². The second-order valence-electron chi connectivity index (χ2n) is 2.40. The Kier molecular flexibility index (Phi) is 2.59. The van der Waals surface area contributed by atoms with E-state index in [9.17, 15) is 8.42 Å². The van der Waals surface area contributed by atoms with E-state index in [4.69, 9.17) is 15.9 Å². The molecule has 0 aliphatic rings. The van der Waals surface area contributed by atoms with Gasteiger partial charge >= 0.3 is 0 Å². The molecule has 1 heterocycles. The summed E-state index contributed by atoms with van der Waals surface area (Å²) in [7, 11) is 1.31. The highest BCUT2D eigenvalue weighted by Crippen LogP contribution is 2.14. The summed E-state index contributed by atoms with van der Waals surface area (Å²) >= 11 is 0. The molecule has 1 aromatic heterocycles. The van der Waals surface area contributed by atoms with E-state index in [1.165, 1.54) is 10.9 Å². The van der Waals surface area contributed by atoms with Crippen LogP contribution in [0.5, 0.6) is 0 Å². The molecule has 0 N–H and O–H groups in total. The van der Waals surface area contributed by atoms with Gasteiger partial charge in [0.25, 0.3) is 9.05 Å². The van der Waals surface area contributed by atoms with Crippen molar-refractivity contribution >= 4 is 19.7 Å². The Morgan fingerprint density at radius 1 is 1.77 bits per heavy atom. The van der Waals surface area contributed by atoms with Crippen molar-refractivity contribution in [3.63, 3.8) is 0 Å². The third-order valence-electron chi connectivity index (χ3n) is 1.44. The number of aromatic nitrogens is 2. The van der Waals surface area contributed by atoms with Crippen molar-refractivity contribution < 1.29 is 8.42 Å². The number of nitriles is 1. The maximum atomic E-state index is 10.8. The number of rotatable bonds is 2. The zero-order chi connectivity index (χ0) is 10.1. The molecule has 1 rings (SSSR count). The predicted molar refractivity (Wildman–Crippen MR) is 45.6 cm³/mol. The second kappa shape index (κ2) is 3.36. The number of hydrogen-bond donors (Lipinski definition) is 0. The molecule has 70 valence electrons. The van der Waals surface area contributed by atoms with Gasteiger partial charge in [0.05, 0.1) is 12.3 Å². The fraction of sp³-hybridized carbons (Fsp3) is 0.333. The molecule has 0 saturated carbocycles. The molecule has 0 spiro atoms. The van der Waals surface area contributed by atoms with Gasteiger partial charge in [0.2, 0.25) is 0 Å². The molecule has 0 aromatic carbocycles. The fourth-order valence-electron chi connectivity index (χ4n) is 0.717. The highest BCUT2D eigenvalue weighted by molar-refractivity contribution is 8.13. The second-order valence-corrected chi connectivity index (χ2v) is 4.96. The average molecular weight is 220 g/mol. The van der Waals surface area contributed by atoms with Gasteiger partial charge in [-0.05, 0) is 6.92 Å². The van der Waals surface area contributed by atoms with Crippen LogP contribution in [0, 0.1) is 11.3 Å². The minimum absolute atomic E-state index is 0.101. The first kappa shape index (κ1) is 10.0. The van der Waals surface area contributed by atoms with Crippen molar-refractivity contribution in [2.24, 2.45) is 0 Å². The van der Waals surface area contributed by atoms with E-state index < -0.39 is 15.1 Å². The lowest BCUT2D eigenvalue weighted by atomic mass is 10.4. The fourth-order valence-corrected chi connectivity index (χ4v) is 1.36. The van der Waals surface area contributed by atoms with Crippen molar-refractivity contribution in [2.75, 3.05) is 0 Å². The van der Waals surface area contributed by atoms with Crippen LogP contribution in [0.25, 0.3) is 0 Å². The standard InChI is InChI=1S/C6H6ClN3O2S/c1-5(2-8)10-4-6(3-9-10)13(7,11)12/h3-5H,1H3. The zero-order valence-corrected chi connectivity index (χ0v) is 8.25. The Hall–Kier alpha value is -1.06. The van der Waals surface area contributed by atoms with Crippen LogP contribution in [0.2, 0.25) is 0 Å². The molecule has 0 radical (unpaired) electrons. The molecule has 0 aliphatic carbocycles. The Labute approximate surface area is 80.0 Å². The summed E-state index contributed by atoms with van der Waals surface area (Å²) in [5.74, 6) is 0. The summed E-state index contributed by atoms with van der Waals surface area (Å²) in [6.07, 6.45) is 2.33. The van der Waals surface area contributed by atoms with Crippen LogP contribution in [-0.4, -0.2) is 18.2 Å². The van der Waals surface area contributed by atoms with E-state index in [0.29, 0.717) is 0 Å². The summed E-state index contributed by atoms with van der Waals surface area (Å²) in [6, 6.07) is 1.40. The van der Waals surface area contributed by atoms with E-state index in [0.717, 1.165) is 6.20 Å². The van der Waals surface area contributed by atoms with E-state index in [1.807, 2.05) is 6.07 Å². The molecule has 0 bridgehead atoms. The molecule has 1 aromatic rings. The third kappa shape index (κ3) is 2.20. The van der Waals surface area contributed by atoms with Gasteiger partial charge in [-0.3, -0.25) is 4.68 Å². The summed E-state index contributed by atoms with van der Waals surface area (Å²) in [6.45, 7) is 1.59. The van der Waals surface area contributed by atoms with Gasteiger partial charge in [-0.2, -0.15) is 10.4 Å². The minimum atomic E-state index is -3.74. The molecule has 0 fully saturated rings. The van der Waals surface area contributed by atoms with Crippen molar-refractivity contribution in [2.45, 2.75) is 17.9 Å². The lowest BCUT2D eigenvalue weighted by Gasteiger charge is -1.99. The van der Waals surface area contributed by atoms with E-state index in [1.54, 1.807) is 6.92 Å². The smallest absolute Gasteiger partial charge is 0.254 e. The summed E-state index contributed by atoms with van der Waals surface area (Å²) < 4.78 is 22.8. The SMILES string of the molecule is CC(C#N)n1cc(S(=O)(=O)Cl)cn1. The van der Waals surface area contributed by atoms with Crippen molar-refractivity contribution in [3.05, 3.63) is 12.4 Å². The molecular formula is C6H6ClN3O2S. The average Bonchev–Trinajstić information content (AvgIpc) is 2.50. The molecule has 0 aliphatic heterocycles. The van der Waals surface area contributed by atoms with Gasteiger partial charge in [0.1, 0.15) is 10.9 Å². The molecule has 7 heteroatoms. The molecular weight excluding hydrogens is 214 g/mol. The number of hydrogen-bond acceptors (Lipinski definition) is 4. The zero-order valence-electron chi connectivity index (χ0n) is 6.68. The summed E-state index contributed by atoms with van der Waals surface area (Å²) in [5.41, 5.74) is 0. The number of halogens is 1. The van der Waals surface area contributed by atoms with Crippen LogP contribution in [0.3, 0.4) is 0 Å². The van der Waals surface area contributed by atoms with Gasteiger partial charge in [-0.15, -0.1) is 0 Å². The Bertz CT molecular complexity index is 445. The molecule has 1 unspecified atom stereocenters. The molecule has 13 heavy (non-hydrogen) atoms. The Morgan fingerprint density at radius 2 is 2.38 bits per heavy atom. The Morgan fingerprint density at radius 3 is 2.77 bits per heavy atom. The van der Waals surface area contributed by atoms with Crippen LogP contribution >= 0.6 is 10.7 Å². The van der Waals surface area contributed by atoms with Gasteiger partial charge in [-0.25, -0.2) is 8.42 Å². The predicted octanol–water partition coefficient (Wildman–Crippen LogP) is 0.895. The normalized spacial score (nSPS) is 13.6. The molecule has 1 atom stereocenters. The van der Waals surface area contributed by atoms with Crippen molar-refractivity contribution in [1.29, 1.82) is 5.26 Å². The lowest BCUT2D eigenvalue weighted by molar-refractivity contribution is 0.588. The highest BCUT2D eigenvalue weighted by Gasteiger charge is 2.14. The Balaban J connectivity index is 3.09. The topological polar surface area (TPSA) is 75.8 Å². The van der Waals surface area contributed by atoms with Crippen LogP contribution < -0.4 is 0 Å². The van der Waals surface area contributed by atoms with Gasteiger partial charge in [0.15, 0.2) is 0 Å².